The zero-order chi connectivity index (χ0) is 14.7. The Hall–Kier alpha value is -1.59. The van der Waals surface area contributed by atoms with Crippen molar-refractivity contribution in [3.05, 3.63) is 45.5 Å². The van der Waals surface area contributed by atoms with Gasteiger partial charge in [-0.3, -0.25) is 9.89 Å². The first kappa shape index (κ1) is 14.8. The Labute approximate surface area is 126 Å². The molecule has 1 aromatic heterocycles. The van der Waals surface area contributed by atoms with Gasteiger partial charge in [0.2, 0.25) is 5.91 Å². The number of aryl methyl sites for hydroxylation is 1. The first-order valence-corrected chi connectivity index (χ1v) is 6.77. The van der Waals surface area contributed by atoms with Crippen LogP contribution in [0.2, 0.25) is 10.0 Å². The highest BCUT2D eigenvalue weighted by Gasteiger charge is 2.13. The van der Waals surface area contributed by atoms with Gasteiger partial charge in [-0.25, -0.2) is 4.98 Å². The van der Waals surface area contributed by atoms with Crippen molar-refractivity contribution in [2.75, 3.05) is 7.05 Å². The number of likely N-dealkylation sites (N-methyl/N-ethyl adjacent to an activating group) is 1. The molecule has 0 bridgehead atoms. The van der Waals surface area contributed by atoms with E-state index in [2.05, 4.69) is 15.2 Å². The summed E-state index contributed by atoms with van der Waals surface area (Å²) in [6.45, 7) is 2.18. The van der Waals surface area contributed by atoms with Crippen molar-refractivity contribution in [3.63, 3.8) is 0 Å². The van der Waals surface area contributed by atoms with Gasteiger partial charge in [-0.05, 0) is 24.6 Å². The minimum atomic E-state index is -0.0363. The van der Waals surface area contributed by atoms with Gasteiger partial charge < -0.3 is 4.90 Å². The number of carbonyl (C=O) groups is 1. The number of hydrogen-bond donors (Lipinski definition) is 1. The Morgan fingerprint density at radius 1 is 1.35 bits per heavy atom. The van der Waals surface area contributed by atoms with E-state index in [0.717, 1.165) is 11.4 Å². The molecule has 0 saturated heterocycles. The molecule has 0 unspecified atom stereocenters. The Morgan fingerprint density at radius 3 is 2.70 bits per heavy atom. The molecule has 0 spiro atoms. The molecule has 1 heterocycles. The fourth-order valence-electron chi connectivity index (χ4n) is 1.72. The molecule has 2 aromatic rings. The summed E-state index contributed by atoms with van der Waals surface area (Å²) in [5, 5.41) is 7.67. The summed E-state index contributed by atoms with van der Waals surface area (Å²) in [6.07, 6.45) is 0.261. The van der Waals surface area contributed by atoms with E-state index >= 15 is 0 Å². The number of aromatic amines is 1. The van der Waals surface area contributed by atoms with E-state index < -0.39 is 0 Å². The first-order chi connectivity index (χ1) is 9.45. The third kappa shape index (κ3) is 3.71. The lowest BCUT2D eigenvalue weighted by atomic mass is 10.1. The van der Waals surface area contributed by atoms with Crippen LogP contribution in [0.4, 0.5) is 0 Å². The maximum absolute atomic E-state index is 12.1. The van der Waals surface area contributed by atoms with Crippen LogP contribution in [-0.2, 0) is 17.8 Å². The van der Waals surface area contributed by atoms with Crippen LogP contribution in [0.25, 0.3) is 0 Å². The number of aromatic nitrogens is 3. The molecular weight excluding hydrogens is 299 g/mol. The molecule has 0 atom stereocenters. The summed E-state index contributed by atoms with van der Waals surface area (Å²) < 4.78 is 0. The summed E-state index contributed by atoms with van der Waals surface area (Å²) in [5.41, 5.74) is 0.822. The molecule has 0 aliphatic rings. The van der Waals surface area contributed by atoms with Crippen LogP contribution >= 0.6 is 23.2 Å². The van der Waals surface area contributed by atoms with Crippen molar-refractivity contribution in [3.8, 4) is 0 Å². The number of nitrogens with zero attached hydrogens (tertiary/aromatic N) is 3. The molecule has 0 aliphatic carbocycles. The zero-order valence-corrected chi connectivity index (χ0v) is 12.7. The van der Waals surface area contributed by atoms with Crippen molar-refractivity contribution in [1.82, 2.24) is 20.1 Å². The predicted molar refractivity (Wildman–Crippen MR) is 77.8 cm³/mol. The van der Waals surface area contributed by atoms with Crippen LogP contribution in [0.3, 0.4) is 0 Å². The number of hydrogen-bond acceptors (Lipinski definition) is 3. The first-order valence-electron chi connectivity index (χ1n) is 6.01. The van der Waals surface area contributed by atoms with E-state index in [4.69, 9.17) is 23.2 Å². The fourth-order valence-corrected chi connectivity index (χ4v) is 2.04. The molecule has 1 aromatic carbocycles. The van der Waals surface area contributed by atoms with E-state index in [9.17, 15) is 4.79 Å². The molecule has 20 heavy (non-hydrogen) atoms. The predicted octanol–water partition coefficient (Wildman–Crippen LogP) is 2.62. The Kier molecular flexibility index (Phi) is 4.62. The number of carbonyl (C=O) groups excluding carboxylic acids is 1. The summed E-state index contributed by atoms with van der Waals surface area (Å²) >= 11 is 11.8. The summed E-state index contributed by atoms with van der Waals surface area (Å²) in [7, 11) is 1.71. The molecule has 106 valence electrons. The highest BCUT2D eigenvalue weighted by Crippen LogP contribution is 2.23. The fraction of sp³-hybridized carbons (Fsp3) is 0.308. The van der Waals surface area contributed by atoms with E-state index in [-0.39, 0.29) is 12.3 Å². The van der Waals surface area contributed by atoms with E-state index in [1.165, 1.54) is 0 Å². The Balaban J connectivity index is 1.98. The topological polar surface area (TPSA) is 61.9 Å². The van der Waals surface area contributed by atoms with Gasteiger partial charge in [0, 0.05) is 7.05 Å². The number of rotatable bonds is 4. The molecule has 0 saturated carbocycles. The van der Waals surface area contributed by atoms with E-state index in [1.807, 2.05) is 6.92 Å². The van der Waals surface area contributed by atoms with Crippen LogP contribution in [0.5, 0.6) is 0 Å². The van der Waals surface area contributed by atoms with Crippen molar-refractivity contribution < 1.29 is 4.79 Å². The largest absolute Gasteiger partial charge is 0.338 e. The quantitative estimate of drug-likeness (QED) is 0.944. The maximum atomic E-state index is 12.1. The standard InChI is InChI=1S/C13H14Cl2N4O/c1-8-16-12(18-17-8)7-19(2)13(20)6-9-3-4-10(14)11(15)5-9/h3-5H,6-7H2,1-2H3,(H,16,17,18). The lowest BCUT2D eigenvalue weighted by Crippen LogP contribution is -2.28. The van der Waals surface area contributed by atoms with Gasteiger partial charge >= 0.3 is 0 Å². The number of amides is 1. The van der Waals surface area contributed by atoms with Crippen LogP contribution in [0, 0.1) is 6.92 Å². The van der Waals surface area contributed by atoms with Gasteiger partial charge in [0.05, 0.1) is 23.0 Å². The number of nitrogens with one attached hydrogen (secondary N) is 1. The van der Waals surface area contributed by atoms with Gasteiger partial charge in [0.15, 0.2) is 5.82 Å². The molecule has 1 N–H and O–H groups in total. The smallest absolute Gasteiger partial charge is 0.227 e. The normalized spacial score (nSPS) is 10.6. The molecule has 0 aliphatic heterocycles. The van der Waals surface area contributed by atoms with Crippen molar-refractivity contribution >= 4 is 29.1 Å². The van der Waals surface area contributed by atoms with Gasteiger partial charge in [-0.15, -0.1) is 0 Å². The average Bonchev–Trinajstić information content (AvgIpc) is 2.79. The molecule has 5 nitrogen and oxygen atoms in total. The van der Waals surface area contributed by atoms with Crippen LogP contribution in [0.15, 0.2) is 18.2 Å². The van der Waals surface area contributed by atoms with Crippen LogP contribution in [0.1, 0.15) is 17.2 Å². The molecule has 2 rings (SSSR count). The molecular formula is C13H14Cl2N4O. The minimum absolute atomic E-state index is 0.0363. The second kappa shape index (κ2) is 6.24. The number of benzene rings is 1. The second-order valence-corrected chi connectivity index (χ2v) is 5.33. The average molecular weight is 313 g/mol. The molecule has 0 fully saturated rings. The summed E-state index contributed by atoms with van der Waals surface area (Å²) in [4.78, 5) is 17.8. The SMILES string of the molecule is Cc1nc(CN(C)C(=O)Cc2ccc(Cl)c(Cl)c2)n[nH]1. The van der Waals surface area contributed by atoms with Gasteiger partial charge in [0.1, 0.15) is 5.82 Å². The van der Waals surface area contributed by atoms with E-state index in [1.54, 1.807) is 30.1 Å². The van der Waals surface area contributed by atoms with Crippen LogP contribution < -0.4 is 0 Å². The van der Waals surface area contributed by atoms with Crippen molar-refractivity contribution in [1.29, 1.82) is 0 Å². The summed E-state index contributed by atoms with van der Waals surface area (Å²) in [6, 6.07) is 5.18. The Bertz CT molecular complexity index is 627. The lowest BCUT2D eigenvalue weighted by Gasteiger charge is -2.15. The van der Waals surface area contributed by atoms with Crippen molar-refractivity contribution in [2.45, 2.75) is 19.9 Å². The molecule has 7 heteroatoms. The monoisotopic (exact) mass is 312 g/mol. The van der Waals surface area contributed by atoms with E-state index in [0.29, 0.717) is 22.4 Å². The molecule has 1 amide bonds. The molecule has 0 radical (unpaired) electrons. The van der Waals surface area contributed by atoms with Crippen LogP contribution in [-0.4, -0.2) is 33.0 Å². The van der Waals surface area contributed by atoms with Gasteiger partial charge in [-0.1, -0.05) is 29.3 Å². The second-order valence-electron chi connectivity index (χ2n) is 4.51. The highest BCUT2D eigenvalue weighted by molar-refractivity contribution is 6.42. The Morgan fingerprint density at radius 2 is 2.10 bits per heavy atom. The number of halogens is 2. The highest BCUT2D eigenvalue weighted by atomic mass is 35.5. The number of H-pyrrole nitrogens is 1. The minimum Gasteiger partial charge on any atom is -0.338 e. The van der Waals surface area contributed by atoms with Crippen molar-refractivity contribution in [2.24, 2.45) is 0 Å². The third-order valence-corrected chi connectivity index (χ3v) is 3.53. The van der Waals surface area contributed by atoms with Gasteiger partial charge in [0.25, 0.3) is 0 Å². The van der Waals surface area contributed by atoms with Gasteiger partial charge in [-0.2, -0.15) is 5.10 Å². The third-order valence-electron chi connectivity index (χ3n) is 2.79. The summed E-state index contributed by atoms with van der Waals surface area (Å²) in [5.74, 6) is 1.28. The maximum Gasteiger partial charge on any atom is 0.227 e. The lowest BCUT2D eigenvalue weighted by molar-refractivity contribution is -0.129. The zero-order valence-electron chi connectivity index (χ0n) is 11.2.